The van der Waals surface area contributed by atoms with Gasteiger partial charge in [-0.2, -0.15) is 0 Å². The Labute approximate surface area is 432 Å². The number of rotatable bonds is 46. The third-order valence-electron chi connectivity index (χ3n) is 9.99. The van der Waals surface area contributed by atoms with E-state index >= 15 is 0 Å². The van der Waals surface area contributed by atoms with Crippen molar-refractivity contribution < 1.29 is 96.1 Å². The lowest BCUT2D eigenvalue weighted by atomic mass is 9.91. The van der Waals surface area contributed by atoms with Gasteiger partial charge in [-0.3, -0.25) is 38.4 Å². The minimum Gasteiger partial charge on any atom is -0.481 e. The third kappa shape index (κ3) is 48.3. The maximum atomic E-state index is 11.8. The van der Waals surface area contributed by atoms with Crippen LogP contribution in [-0.2, 0) is 85.8 Å². The first-order chi connectivity index (χ1) is 33.9. The fourth-order valence-electron chi connectivity index (χ4n) is 5.53. The lowest BCUT2D eigenvalue weighted by molar-refractivity contribution is -0.144. The maximum Gasteiger partial charge on any atom is 0.306 e. The van der Waals surface area contributed by atoms with E-state index in [-0.39, 0.29) is 172 Å². The van der Waals surface area contributed by atoms with Crippen LogP contribution in [0.5, 0.6) is 0 Å². The van der Waals surface area contributed by atoms with Crippen LogP contribution < -0.4 is 10.6 Å². The molecule has 0 rings (SSSR count). The monoisotopic (exact) mass is 1050 g/mol. The Morgan fingerprint density at radius 2 is 0.699 bits per heavy atom. The molecule has 2 amide bonds. The number of carboxylic acids is 2. The molecular formula is C51H90N2O20. The molecule has 0 radical (unpaired) electrons. The van der Waals surface area contributed by atoms with Gasteiger partial charge < -0.3 is 68.3 Å². The summed E-state index contributed by atoms with van der Waals surface area (Å²) in [7, 11) is 0. The summed E-state index contributed by atoms with van der Waals surface area (Å²) < 4.78 is 42.5. The van der Waals surface area contributed by atoms with E-state index in [1.807, 2.05) is 41.5 Å². The Bertz CT molecular complexity index is 1490. The van der Waals surface area contributed by atoms with Crippen LogP contribution in [0.4, 0.5) is 0 Å². The van der Waals surface area contributed by atoms with Crippen LogP contribution in [0.15, 0.2) is 0 Å². The number of carbonyl (C=O) groups excluding carboxylic acids is 8. The fourth-order valence-corrected chi connectivity index (χ4v) is 5.53. The Morgan fingerprint density at radius 1 is 0.411 bits per heavy atom. The highest BCUT2D eigenvalue weighted by Gasteiger charge is 2.23. The van der Waals surface area contributed by atoms with Crippen molar-refractivity contribution in [1.29, 1.82) is 0 Å². The van der Waals surface area contributed by atoms with E-state index in [4.69, 9.17) is 48.1 Å². The van der Waals surface area contributed by atoms with Crippen molar-refractivity contribution in [1.82, 2.24) is 10.6 Å². The lowest BCUT2D eigenvalue weighted by Gasteiger charge is -2.16. The van der Waals surface area contributed by atoms with Gasteiger partial charge in [0.1, 0.15) is 38.0 Å². The molecule has 0 bridgehead atoms. The molecule has 73 heavy (non-hydrogen) atoms. The zero-order valence-corrected chi connectivity index (χ0v) is 44.2. The van der Waals surface area contributed by atoms with Crippen molar-refractivity contribution >= 4 is 58.5 Å². The van der Waals surface area contributed by atoms with E-state index in [9.17, 15) is 47.9 Å². The third-order valence-corrected chi connectivity index (χ3v) is 9.99. The first kappa shape index (κ1) is 72.8. The van der Waals surface area contributed by atoms with E-state index in [1.165, 1.54) is 13.8 Å². The second-order valence-electron chi connectivity index (χ2n) is 19.0. The average molecular weight is 1050 g/mol. The quantitative estimate of drug-likeness (QED) is 0.0630. The van der Waals surface area contributed by atoms with Crippen LogP contribution in [0.2, 0.25) is 0 Å². The molecule has 0 aliphatic heterocycles. The molecule has 0 aromatic carbocycles. The van der Waals surface area contributed by atoms with Crippen molar-refractivity contribution in [3.63, 3.8) is 0 Å². The summed E-state index contributed by atoms with van der Waals surface area (Å²) in [6, 6.07) is 0. The van der Waals surface area contributed by atoms with Gasteiger partial charge in [-0.25, -0.2) is 0 Å². The lowest BCUT2D eigenvalue weighted by Crippen LogP contribution is -2.29. The number of hydrogen-bond donors (Lipinski definition) is 4. The number of Topliss-reactive ketones (excluding diaryl/α,β-unsaturated/α-hetero) is 6. The first-order valence-electron chi connectivity index (χ1n) is 24.6. The fraction of sp³-hybridized carbons (Fsp3) is 0.804. The molecule has 0 saturated carbocycles. The van der Waals surface area contributed by atoms with Crippen LogP contribution in [0.3, 0.4) is 0 Å². The van der Waals surface area contributed by atoms with Crippen LogP contribution in [0, 0.1) is 22.7 Å². The molecular weight excluding hydrogens is 961 g/mol. The molecule has 0 aliphatic carbocycles. The molecule has 4 N–H and O–H groups in total. The van der Waals surface area contributed by atoms with Crippen LogP contribution in [0.1, 0.15) is 127 Å². The normalized spacial score (nSPS) is 12.1. The van der Waals surface area contributed by atoms with Gasteiger partial charge in [-0.1, -0.05) is 49.0 Å². The highest BCUT2D eigenvalue weighted by Crippen LogP contribution is 2.16. The molecule has 2 atom stereocenters. The molecule has 22 nitrogen and oxygen atoms in total. The van der Waals surface area contributed by atoms with E-state index in [2.05, 4.69) is 10.6 Å². The van der Waals surface area contributed by atoms with Crippen LogP contribution in [0.25, 0.3) is 0 Å². The van der Waals surface area contributed by atoms with Gasteiger partial charge in [0, 0.05) is 75.7 Å². The second kappa shape index (κ2) is 45.0. The van der Waals surface area contributed by atoms with Crippen LogP contribution in [-0.4, -0.2) is 187 Å². The topological polar surface area (TPSA) is 309 Å². The number of nitrogens with one attached hydrogen (secondary N) is 2. The van der Waals surface area contributed by atoms with Crippen molar-refractivity contribution in [2.24, 2.45) is 22.7 Å². The number of carboxylic acid groups (broad SMARTS) is 2. The molecule has 0 aromatic heterocycles. The Morgan fingerprint density at radius 3 is 0.986 bits per heavy atom. The van der Waals surface area contributed by atoms with E-state index in [1.54, 1.807) is 0 Å². The molecule has 0 saturated heterocycles. The van der Waals surface area contributed by atoms with Gasteiger partial charge >= 0.3 is 11.9 Å². The highest BCUT2D eigenvalue weighted by molar-refractivity contribution is 5.86. The number of ketones is 6. The smallest absolute Gasteiger partial charge is 0.306 e. The molecule has 0 spiro atoms. The van der Waals surface area contributed by atoms with Gasteiger partial charge in [-0.15, -0.1) is 0 Å². The first-order valence-corrected chi connectivity index (χ1v) is 24.6. The number of hydrogen-bond acceptors (Lipinski definition) is 18. The predicted octanol–water partition coefficient (Wildman–Crippen LogP) is 3.82. The molecule has 424 valence electrons. The van der Waals surface area contributed by atoms with Crippen molar-refractivity contribution in [2.45, 2.75) is 127 Å². The van der Waals surface area contributed by atoms with Crippen molar-refractivity contribution in [3.8, 4) is 0 Å². The summed E-state index contributed by atoms with van der Waals surface area (Å²) in [5, 5.41) is 23.4. The number of ether oxygens (including phenoxy) is 8. The zero-order valence-electron chi connectivity index (χ0n) is 44.2. The summed E-state index contributed by atoms with van der Waals surface area (Å²) >= 11 is 0. The molecule has 0 heterocycles. The molecule has 0 unspecified atom stereocenters. The van der Waals surface area contributed by atoms with E-state index in [0.29, 0.717) is 65.3 Å². The number of aliphatic carboxylic acids is 2. The van der Waals surface area contributed by atoms with Gasteiger partial charge in [0.25, 0.3) is 0 Å². The Balaban J connectivity index is -0.00000132. The van der Waals surface area contributed by atoms with Gasteiger partial charge in [0.05, 0.1) is 77.9 Å². The highest BCUT2D eigenvalue weighted by atomic mass is 16.5. The Kier molecular flexibility index (Phi) is 44.9. The van der Waals surface area contributed by atoms with E-state index < -0.39 is 34.6 Å². The molecule has 0 aromatic rings. The Hall–Kier alpha value is -4.42. The summed E-state index contributed by atoms with van der Waals surface area (Å²) in [6.45, 7) is 18.1. The zero-order chi connectivity index (χ0) is 54.8. The van der Waals surface area contributed by atoms with E-state index in [0.717, 1.165) is 0 Å². The predicted molar refractivity (Wildman–Crippen MR) is 268 cm³/mol. The standard InChI is InChI=1S/2C25H43NO10.CH4/c2*1-19(27)16-20(24(31)32)7-8-23(30)26-9-11-34-13-14-35-17-21(28)6-5-10-33-12-15-36-18-22(29)25(2,3)4;/h2*20H,5-18H2,1-4H3,(H,26,30)(H,31,32);1H4/t2*20-;/m11./s1. The van der Waals surface area contributed by atoms with Crippen molar-refractivity contribution in [3.05, 3.63) is 0 Å². The van der Waals surface area contributed by atoms with Crippen LogP contribution >= 0.6 is 0 Å². The maximum absolute atomic E-state index is 11.8. The summed E-state index contributed by atoms with van der Waals surface area (Å²) in [5.41, 5.74) is -0.829. The second-order valence-corrected chi connectivity index (χ2v) is 19.0. The SMILES string of the molecule is C.CC(=O)C[C@@H](CCC(=O)NCCOCCOCC(=O)CCCOCCOCC(=O)C(C)(C)C)C(=O)O.CC(=O)C[C@@H](CCC(=O)NCCOCCOCC(=O)CCCOCCOCC(=O)C(C)(C)C)C(=O)O. The summed E-state index contributed by atoms with van der Waals surface area (Å²) in [5.74, 6) is -4.93. The minimum absolute atomic E-state index is 0. The molecule has 0 aliphatic rings. The minimum atomic E-state index is -1.08. The summed E-state index contributed by atoms with van der Waals surface area (Å²) in [4.78, 5) is 115. The van der Waals surface area contributed by atoms with Gasteiger partial charge in [-0.05, 0) is 39.5 Å². The largest absolute Gasteiger partial charge is 0.481 e. The van der Waals surface area contributed by atoms with Gasteiger partial charge in [0.2, 0.25) is 11.8 Å². The molecule has 0 fully saturated rings. The van der Waals surface area contributed by atoms with Gasteiger partial charge in [0.15, 0.2) is 23.1 Å². The number of carbonyl (C=O) groups is 10. The molecule has 22 heteroatoms. The average Bonchev–Trinajstić information content (AvgIpc) is 3.28. The summed E-state index contributed by atoms with van der Waals surface area (Å²) in [6.07, 6.45) is 1.89. The number of amides is 2. The van der Waals surface area contributed by atoms with Crippen molar-refractivity contribution in [2.75, 3.05) is 119 Å².